The number of allylic oxidation sites excluding steroid dienone is 3. The minimum Gasteiger partial charge on any atom is -0.392 e. The van der Waals surface area contributed by atoms with Crippen molar-refractivity contribution < 1.29 is 10.2 Å². The normalized spacial score (nSPS) is 47.9. The highest BCUT2D eigenvalue weighted by Crippen LogP contribution is 2.59. The van der Waals surface area contributed by atoms with E-state index in [4.69, 9.17) is 0 Å². The SMILES string of the molecule is CC[C@@H](C)C1CCC2/C(=C/C=C3C[C@@H](O)C4CC4[C@H](O)C3)CCC[C@@]21C. The molecule has 0 radical (unpaired) electrons. The van der Waals surface area contributed by atoms with Gasteiger partial charge in [-0.15, -0.1) is 0 Å². The zero-order chi connectivity index (χ0) is 18.5. The second-order valence-corrected chi connectivity index (χ2v) is 10.2. The van der Waals surface area contributed by atoms with Crippen molar-refractivity contribution in [3.8, 4) is 0 Å². The van der Waals surface area contributed by atoms with Crippen LogP contribution < -0.4 is 0 Å². The van der Waals surface area contributed by atoms with Crippen LogP contribution in [0.25, 0.3) is 0 Å². The molecule has 8 atom stereocenters. The zero-order valence-electron chi connectivity index (χ0n) is 17.0. The van der Waals surface area contributed by atoms with E-state index in [0.717, 1.165) is 37.0 Å². The second kappa shape index (κ2) is 7.09. The van der Waals surface area contributed by atoms with Crippen molar-refractivity contribution in [1.82, 2.24) is 0 Å². The lowest BCUT2D eigenvalue weighted by Crippen LogP contribution is -2.35. The summed E-state index contributed by atoms with van der Waals surface area (Å²) in [4.78, 5) is 0. The third-order valence-corrected chi connectivity index (χ3v) is 8.72. The van der Waals surface area contributed by atoms with Crippen LogP contribution in [0.3, 0.4) is 0 Å². The fraction of sp³-hybridized carbons (Fsp3) is 0.833. The minimum absolute atomic E-state index is 0.236. The van der Waals surface area contributed by atoms with Crippen LogP contribution in [-0.4, -0.2) is 22.4 Å². The molecule has 0 aromatic heterocycles. The second-order valence-electron chi connectivity index (χ2n) is 10.2. The Labute approximate surface area is 159 Å². The maximum Gasteiger partial charge on any atom is 0.0609 e. The molecule has 2 N–H and O–H groups in total. The van der Waals surface area contributed by atoms with Crippen molar-refractivity contribution in [3.05, 3.63) is 23.3 Å². The average Bonchev–Trinajstić information content (AvgIpc) is 3.35. The van der Waals surface area contributed by atoms with E-state index in [-0.39, 0.29) is 12.2 Å². The third kappa shape index (κ3) is 3.22. The van der Waals surface area contributed by atoms with E-state index in [2.05, 4.69) is 32.9 Å². The van der Waals surface area contributed by atoms with E-state index in [9.17, 15) is 10.2 Å². The molecule has 4 unspecified atom stereocenters. The smallest absolute Gasteiger partial charge is 0.0609 e. The van der Waals surface area contributed by atoms with Crippen molar-refractivity contribution in [3.63, 3.8) is 0 Å². The summed E-state index contributed by atoms with van der Waals surface area (Å²) >= 11 is 0. The van der Waals surface area contributed by atoms with Crippen LogP contribution in [0.2, 0.25) is 0 Å². The molecule has 2 heteroatoms. The Hall–Kier alpha value is -0.600. The maximum absolute atomic E-state index is 10.4. The standard InChI is InChI=1S/C24H38O2/c1-4-15(2)20-9-10-21-17(6-5-11-24(20,21)3)8-7-16-12-22(25)18-14-19(18)23(26)13-16/h7-8,15,18-23,25-26H,4-6,9-14H2,1-3H3/b16-7?,17-8+/t15-,18?,19?,20?,21?,22-,23-,24-/m1/s1. The molecule has 146 valence electrons. The molecule has 0 bridgehead atoms. The lowest BCUT2D eigenvalue weighted by molar-refractivity contribution is 0.0961. The molecule has 2 nitrogen and oxygen atoms in total. The van der Waals surface area contributed by atoms with Crippen molar-refractivity contribution in [2.45, 2.75) is 90.8 Å². The summed E-state index contributed by atoms with van der Waals surface area (Å²) in [5.41, 5.74) is 3.39. The van der Waals surface area contributed by atoms with Gasteiger partial charge in [0.15, 0.2) is 0 Å². The minimum atomic E-state index is -0.236. The molecule has 0 spiro atoms. The first kappa shape index (κ1) is 18.7. The van der Waals surface area contributed by atoms with Crippen LogP contribution >= 0.6 is 0 Å². The fourth-order valence-corrected chi connectivity index (χ4v) is 6.90. The lowest BCUT2D eigenvalue weighted by Gasteiger charge is -2.44. The van der Waals surface area contributed by atoms with Crippen molar-refractivity contribution in [2.75, 3.05) is 0 Å². The van der Waals surface area contributed by atoms with Crippen molar-refractivity contribution in [2.24, 2.45) is 35.0 Å². The molecular weight excluding hydrogens is 320 g/mol. The van der Waals surface area contributed by atoms with Crippen LogP contribution in [-0.2, 0) is 0 Å². The number of aliphatic hydroxyl groups excluding tert-OH is 2. The largest absolute Gasteiger partial charge is 0.392 e. The van der Waals surface area contributed by atoms with E-state index < -0.39 is 0 Å². The molecule has 0 aromatic carbocycles. The number of rotatable bonds is 3. The highest BCUT2D eigenvalue weighted by Gasteiger charge is 2.50. The number of hydrogen-bond donors (Lipinski definition) is 2. The van der Waals surface area contributed by atoms with E-state index in [1.54, 1.807) is 5.57 Å². The number of hydrogen-bond acceptors (Lipinski definition) is 2. The third-order valence-electron chi connectivity index (χ3n) is 8.72. The van der Waals surface area contributed by atoms with Gasteiger partial charge in [0.25, 0.3) is 0 Å². The van der Waals surface area contributed by atoms with Gasteiger partial charge in [0.1, 0.15) is 0 Å². The highest BCUT2D eigenvalue weighted by atomic mass is 16.3. The van der Waals surface area contributed by atoms with Crippen LogP contribution in [0, 0.1) is 35.0 Å². The molecule has 4 aliphatic carbocycles. The first-order chi connectivity index (χ1) is 12.4. The number of aliphatic hydroxyl groups is 2. The van der Waals surface area contributed by atoms with Crippen LogP contribution in [0.5, 0.6) is 0 Å². The quantitative estimate of drug-likeness (QED) is 0.723. The van der Waals surface area contributed by atoms with Gasteiger partial charge in [-0.2, -0.15) is 0 Å². The summed E-state index contributed by atoms with van der Waals surface area (Å²) < 4.78 is 0. The summed E-state index contributed by atoms with van der Waals surface area (Å²) in [5, 5.41) is 20.7. The van der Waals surface area contributed by atoms with Gasteiger partial charge in [0.05, 0.1) is 12.2 Å². The predicted molar refractivity (Wildman–Crippen MR) is 107 cm³/mol. The Bertz CT molecular complexity index is 573. The molecule has 0 amide bonds. The van der Waals surface area contributed by atoms with E-state index in [0.29, 0.717) is 17.3 Å². The van der Waals surface area contributed by atoms with Crippen LogP contribution in [0.1, 0.15) is 78.6 Å². The fourth-order valence-electron chi connectivity index (χ4n) is 6.90. The Morgan fingerprint density at radius 3 is 2.46 bits per heavy atom. The topological polar surface area (TPSA) is 40.5 Å². The van der Waals surface area contributed by atoms with Crippen molar-refractivity contribution >= 4 is 0 Å². The summed E-state index contributed by atoms with van der Waals surface area (Å²) in [6, 6.07) is 0. The maximum atomic E-state index is 10.4. The monoisotopic (exact) mass is 358 g/mol. The van der Waals surface area contributed by atoms with Crippen molar-refractivity contribution in [1.29, 1.82) is 0 Å². The zero-order valence-corrected chi connectivity index (χ0v) is 17.0. The Morgan fingerprint density at radius 2 is 1.81 bits per heavy atom. The summed E-state index contributed by atoms with van der Waals surface area (Å²) in [7, 11) is 0. The molecule has 0 heterocycles. The van der Waals surface area contributed by atoms with Gasteiger partial charge in [-0.3, -0.25) is 0 Å². The molecule has 0 saturated heterocycles. The summed E-state index contributed by atoms with van der Waals surface area (Å²) in [6.45, 7) is 7.37. The van der Waals surface area contributed by atoms with Crippen LogP contribution in [0.15, 0.2) is 23.3 Å². The molecule has 4 saturated carbocycles. The molecule has 0 aromatic rings. The first-order valence-corrected chi connectivity index (χ1v) is 11.2. The summed E-state index contributed by atoms with van der Waals surface area (Å²) in [6.07, 6.45) is 14.8. The first-order valence-electron chi connectivity index (χ1n) is 11.2. The predicted octanol–water partition coefficient (Wildman–Crippen LogP) is 5.25. The molecule has 4 aliphatic rings. The van der Waals surface area contributed by atoms with Gasteiger partial charge >= 0.3 is 0 Å². The highest BCUT2D eigenvalue weighted by molar-refractivity contribution is 5.26. The average molecular weight is 359 g/mol. The van der Waals surface area contributed by atoms with Gasteiger partial charge in [0.2, 0.25) is 0 Å². The van der Waals surface area contributed by atoms with Gasteiger partial charge in [-0.1, -0.05) is 50.5 Å². The van der Waals surface area contributed by atoms with E-state index in [1.165, 1.54) is 44.1 Å². The van der Waals surface area contributed by atoms with Crippen LogP contribution in [0.4, 0.5) is 0 Å². The van der Waals surface area contributed by atoms with Gasteiger partial charge < -0.3 is 10.2 Å². The summed E-state index contributed by atoms with van der Waals surface area (Å²) in [5.74, 6) is 3.17. The molecule has 4 rings (SSSR count). The Morgan fingerprint density at radius 1 is 1.12 bits per heavy atom. The Kier molecular flexibility index (Phi) is 5.11. The van der Waals surface area contributed by atoms with Gasteiger partial charge in [-0.05, 0) is 86.4 Å². The number of fused-ring (bicyclic) bond motifs is 2. The van der Waals surface area contributed by atoms with Gasteiger partial charge in [-0.25, -0.2) is 0 Å². The Balaban J connectivity index is 1.52. The molecule has 26 heavy (non-hydrogen) atoms. The molecule has 4 fully saturated rings. The van der Waals surface area contributed by atoms with E-state index in [1.807, 2.05) is 0 Å². The van der Waals surface area contributed by atoms with E-state index >= 15 is 0 Å². The lowest BCUT2D eigenvalue weighted by atomic mass is 9.61. The molecule has 0 aliphatic heterocycles. The molecular formula is C24H38O2. The van der Waals surface area contributed by atoms with Gasteiger partial charge in [0, 0.05) is 0 Å².